The van der Waals surface area contributed by atoms with E-state index in [1.807, 2.05) is 0 Å². The first-order valence-corrected chi connectivity index (χ1v) is 7.13. The fraction of sp³-hybridized carbons (Fsp3) is 0.250. The van der Waals surface area contributed by atoms with Gasteiger partial charge in [0.05, 0.1) is 11.0 Å². The third-order valence-corrected chi connectivity index (χ3v) is 3.31. The lowest BCUT2D eigenvalue weighted by atomic mass is 10.1. The molecule has 1 unspecified atom stereocenters. The van der Waals surface area contributed by atoms with Crippen molar-refractivity contribution >= 4 is 5.69 Å². The number of aliphatic hydroxyl groups is 1. The van der Waals surface area contributed by atoms with E-state index in [0.29, 0.717) is 11.1 Å². The second kappa shape index (κ2) is 8.32. The van der Waals surface area contributed by atoms with E-state index in [1.165, 1.54) is 24.3 Å². The molecule has 2 aromatic rings. The summed E-state index contributed by atoms with van der Waals surface area (Å²) in [5, 5.41) is 23.9. The molecule has 2 aromatic carbocycles. The van der Waals surface area contributed by atoms with Gasteiger partial charge in [-0.3, -0.25) is 10.1 Å². The number of aliphatic hydroxyl groups excluding tert-OH is 1. The van der Waals surface area contributed by atoms with E-state index in [9.17, 15) is 24.0 Å². The van der Waals surface area contributed by atoms with Gasteiger partial charge in [-0.25, -0.2) is 0 Å². The van der Waals surface area contributed by atoms with Crippen LogP contribution in [-0.2, 0) is 6.54 Å². The van der Waals surface area contributed by atoms with Crippen molar-refractivity contribution in [1.82, 2.24) is 5.32 Å². The largest absolute Gasteiger partial charge is 0.435 e. The average Bonchev–Trinajstić information content (AvgIpc) is 2.54. The molecule has 0 radical (unpaired) electrons. The predicted molar refractivity (Wildman–Crippen MR) is 82.8 cm³/mol. The summed E-state index contributed by atoms with van der Waals surface area (Å²) < 4.78 is 28.7. The number of para-hydroxylation sites is 1. The number of nitro benzene ring substituents is 1. The maximum atomic E-state index is 12.2. The summed E-state index contributed by atoms with van der Waals surface area (Å²) >= 11 is 0. The summed E-state index contributed by atoms with van der Waals surface area (Å²) in [6, 6.07) is 12.0. The van der Waals surface area contributed by atoms with Crippen molar-refractivity contribution in [3.63, 3.8) is 0 Å². The minimum Gasteiger partial charge on any atom is -0.435 e. The zero-order chi connectivity index (χ0) is 17.5. The molecule has 2 rings (SSSR count). The molecule has 0 aliphatic carbocycles. The molecule has 24 heavy (non-hydrogen) atoms. The van der Waals surface area contributed by atoms with E-state index in [-0.39, 0.29) is 24.5 Å². The minimum absolute atomic E-state index is 0.00757. The van der Waals surface area contributed by atoms with Crippen LogP contribution in [0.15, 0.2) is 48.5 Å². The quantitative estimate of drug-likeness (QED) is 0.571. The molecule has 0 aromatic heterocycles. The van der Waals surface area contributed by atoms with Crippen molar-refractivity contribution in [3.05, 3.63) is 69.8 Å². The number of nitro groups is 1. The van der Waals surface area contributed by atoms with Crippen molar-refractivity contribution in [2.45, 2.75) is 19.3 Å². The van der Waals surface area contributed by atoms with Gasteiger partial charge >= 0.3 is 6.61 Å². The topological polar surface area (TPSA) is 84.6 Å². The van der Waals surface area contributed by atoms with Crippen LogP contribution in [0.4, 0.5) is 14.5 Å². The Balaban J connectivity index is 1.94. The summed E-state index contributed by atoms with van der Waals surface area (Å²) in [5.41, 5.74) is 0.888. The number of alkyl halides is 2. The van der Waals surface area contributed by atoms with Crippen molar-refractivity contribution in [3.8, 4) is 5.75 Å². The van der Waals surface area contributed by atoms with E-state index >= 15 is 0 Å². The van der Waals surface area contributed by atoms with Crippen molar-refractivity contribution < 1.29 is 23.5 Å². The molecular formula is C16H16F2N2O4. The first kappa shape index (κ1) is 17.8. The van der Waals surface area contributed by atoms with Crippen LogP contribution in [0.3, 0.4) is 0 Å². The minimum atomic E-state index is -2.94. The Labute approximate surface area is 136 Å². The number of ether oxygens (including phenoxy) is 1. The lowest BCUT2D eigenvalue weighted by molar-refractivity contribution is -0.385. The van der Waals surface area contributed by atoms with Crippen LogP contribution in [0.5, 0.6) is 5.75 Å². The maximum absolute atomic E-state index is 12.2. The molecule has 8 heteroatoms. The van der Waals surface area contributed by atoms with E-state index < -0.39 is 17.6 Å². The summed E-state index contributed by atoms with van der Waals surface area (Å²) in [4.78, 5) is 10.4. The van der Waals surface area contributed by atoms with E-state index in [0.717, 1.165) is 0 Å². The van der Waals surface area contributed by atoms with E-state index in [1.54, 1.807) is 24.3 Å². The summed E-state index contributed by atoms with van der Waals surface area (Å²) in [7, 11) is 0. The van der Waals surface area contributed by atoms with Crippen LogP contribution in [0.25, 0.3) is 0 Å². The molecule has 0 fully saturated rings. The highest BCUT2D eigenvalue weighted by molar-refractivity contribution is 5.39. The van der Waals surface area contributed by atoms with Crippen LogP contribution in [0.1, 0.15) is 17.2 Å². The van der Waals surface area contributed by atoms with Crippen LogP contribution < -0.4 is 10.1 Å². The van der Waals surface area contributed by atoms with Gasteiger partial charge in [-0.2, -0.15) is 8.78 Å². The number of nitrogens with zero attached hydrogens (tertiary/aromatic N) is 1. The third-order valence-electron chi connectivity index (χ3n) is 3.31. The van der Waals surface area contributed by atoms with Gasteiger partial charge in [0.2, 0.25) is 0 Å². The van der Waals surface area contributed by atoms with Crippen LogP contribution >= 0.6 is 0 Å². The smallest absolute Gasteiger partial charge is 0.387 e. The van der Waals surface area contributed by atoms with Gasteiger partial charge in [0, 0.05) is 24.7 Å². The Kier molecular flexibility index (Phi) is 6.16. The highest BCUT2D eigenvalue weighted by Crippen LogP contribution is 2.21. The van der Waals surface area contributed by atoms with Crippen molar-refractivity contribution in [2.24, 2.45) is 0 Å². The highest BCUT2D eigenvalue weighted by Gasteiger charge is 2.14. The second-order valence-electron chi connectivity index (χ2n) is 4.98. The Hall–Kier alpha value is -2.58. The highest BCUT2D eigenvalue weighted by atomic mass is 19.3. The van der Waals surface area contributed by atoms with E-state index in [4.69, 9.17) is 0 Å². The molecule has 0 saturated carbocycles. The Bertz CT molecular complexity index is 697. The van der Waals surface area contributed by atoms with Gasteiger partial charge in [-0.1, -0.05) is 30.3 Å². The monoisotopic (exact) mass is 338 g/mol. The van der Waals surface area contributed by atoms with Gasteiger partial charge in [0.25, 0.3) is 5.69 Å². The van der Waals surface area contributed by atoms with Gasteiger partial charge in [0.1, 0.15) is 5.75 Å². The van der Waals surface area contributed by atoms with Gasteiger partial charge in [-0.15, -0.1) is 0 Å². The number of benzene rings is 2. The number of hydrogen-bond donors (Lipinski definition) is 2. The normalized spacial score (nSPS) is 12.2. The Morgan fingerprint density at radius 1 is 1.21 bits per heavy atom. The predicted octanol–water partition coefficient (Wildman–Crippen LogP) is 3.02. The number of rotatable bonds is 8. The number of hydrogen-bond acceptors (Lipinski definition) is 5. The summed E-state index contributed by atoms with van der Waals surface area (Å²) in [6.07, 6.45) is -0.964. The van der Waals surface area contributed by atoms with Crippen molar-refractivity contribution in [2.75, 3.05) is 6.54 Å². The molecule has 1 atom stereocenters. The molecular weight excluding hydrogens is 322 g/mol. The fourth-order valence-electron chi connectivity index (χ4n) is 2.20. The molecule has 0 saturated heterocycles. The third kappa shape index (κ3) is 4.97. The maximum Gasteiger partial charge on any atom is 0.387 e. The number of nitrogens with one attached hydrogen (secondary N) is 1. The van der Waals surface area contributed by atoms with Crippen LogP contribution in [-0.4, -0.2) is 23.2 Å². The van der Waals surface area contributed by atoms with Gasteiger partial charge in [0.15, 0.2) is 0 Å². The van der Waals surface area contributed by atoms with Gasteiger partial charge < -0.3 is 15.2 Å². The first-order valence-electron chi connectivity index (χ1n) is 7.13. The molecule has 0 amide bonds. The lowest BCUT2D eigenvalue weighted by Crippen LogP contribution is -2.21. The average molecular weight is 338 g/mol. The standard InChI is InChI=1S/C16H16F2N2O4/c17-16(18)24-13-6-3-5-11(8-13)15(21)10-19-9-12-4-1-2-7-14(12)20(22)23/h1-8,15-16,19,21H,9-10H2. The molecule has 0 bridgehead atoms. The van der Waals surface area contributed by atoms with Crippen LogP contribution in [0, 0.1) is 10.1 Å². The number of halogens is 2. The van der Waals surface area contributed by atoms with Crippen LogP contribution in [0.2, 0.25) is 0 Å². The summed E-state index contributed by atoms with van der Waals surface area (Å²) in [5.74, 6) is -0.0414. The molecule has 0 spiro atoms. The molecule has 6 nitrogen and oxygen atoms in total. The Morgan fingerprint density at radius 3 is 2.67 bits per heavy atom. The van der Waals surface area contributed by atoms with Crippen molar-refractivity contribution in [1.29, 1.82) is 0 Å². The van der Waals surface area contributed by atoms with E-state index in [2.05, 4.69) is 10.1 Å². The first-order chi connectivity index (χ1) is 11.5. The summed E-state index contributed by atoms with van der Waals surface area (Å²) in [6.45, 7) is -2.64. The molecule has 0 aliphatic heterocycles. The molecule has 0 heterocycles. The second-order valence-corrected chi connectivity index (χ2v) is 4.98. The fourth-order valence-corrected chi connectivity index (χ4v) is 2.20. The lowest BCUT2D eigenvalue weighted by Gasteiger charge is -2.14. The van der Waals surface area contributed by atoms with Gasteiger partial charge in [-0.05, 0) is 17.7 Å². The Morgan fingerprint density at radius 2 is 1.96 bits per heavy atom. The molecule has 2 N–H and O–H groups in total. The SMILES string of the molecule is O=[N+]([O-])c1ccccc1CNCC(O)c1cccc(OC(F)F)c1. The zero-order valence-electron chi connectivity index (χ0n) is 12.6. The molecule has 0 aliphatic rings. The molecule has 128 valence electrons. The zero-order valence-corrected chi connectivity index (χ0v) is 12.6.